The summed E-state index contributed by atoms with van der Waals surface area (Å²) < 4.78 is 0. The first-order valence-electron chi connectivity index (χ1n) is 6.01. The van der Waals surface area contributed by atoms with Crippen LogP contribution in [0.4, 0.5) is 0 Å². The largest absolute Gasteiger partial charge is 0.396 e. The van der Waals surface area contributed by atoms with E-state index in [2.05, 4.69) is 16.8 Å². The molecule has 1 aliphatic rings. The van der Waals surface area contributed by atoms with Gasteiger partial charge in [-0.2, -0.15) is 0 Å². The van der Waals surface area contributed by atoms with Gasteiger partial charge in [0, 0.05) is 18.0 Å². The second-order valence-electron chi connectivity index (χ2n) is 4.58. The number of aromatic nitrogens is 1. The number of rotatable bonds is 4. The van der Waals surface area contributed by atoms with Gasteiger partial charge in [0.25, 0.3) is 0 Å². The van der Waals surface area contributed by atoms with Gasteiger partial charge >= 0.3 is 0 Å². The fourth-order valence-corrected chi connectivity index (χ4v) is 2.99. The number of aryl methyl sites for hydroxylation is 1. The van der Waals surface area contributed by atoms with Crippen LogP contribution < -0.4 is 0 Å². The van der Waals surface area contributed by atoms with Gasteiger partial charge in [-0.15, -0.1) is 11.3 Å². The summed E-state index contributed by atoms with van der Waals surface area (Å²) in [6.07, 6.45) is 3.43. The van der Waals surface area contributed by atoms with Crippen LogP contribution in [0, 0.1) is 12.8 Å². The van der Waals surface area contributed by atoms with E-state index in [1.807, 2.05) is 5.51 Å². The van der Waals surface area contributed by atoms with Gasteiger partial charge in [0.2, 0.25) is 0 Å². The lowest BCUT2D eigenvalue weighted by atomic mass is 9.98. The molecule has 0 radical (unpaired) electrons. The van der Waals surface area contributed by atoms with Crippen LogP contribution in [0.15, 0.2) is 5.51 Å². The topological polar surface area (TPSA) is 36.4 Å². The Balaban J connectivity index is 1.73. The maximum atomic E-state index is 9.07. The number of nitrogens with zero attached hydrogens (tertiary/aromatic N) is 2. The van der Waals surface area contributed by atoms with Crippen molar-refractivity contribution in [3.05, 3.63) is 16.1 Å². The van der Waals surface area contributed by atoms with Crippen LogP contribution in [0.25, 0.3) is 0 Å². The average molecular weight is 240 g/mol. The molecule has 1 aromatic rings. The van der Waals surface area contributed by atoms with E-state index in [1.165, 1.54) is 10.6 Å². The normalized spacial score (nSPS) is 19.1. The van der Waals surface area contributed by atoms with Crippen molar-refractivity contribution < 1.29 is 5.11 Å². The first kappa shape index (κ1) is 12.0. The number of aliphatic hydroxyl groups excluding tert-OH is 1. The van der Waals surface area contributed by atoms with Crippen LogP contribution in [0.3, 0.4) is 0 Å². The van der Waals surface area contributed by atoms with Gasteiger partial charge in [-0.1, -0.05) is 0 Å². The lowest BCUT2D eigenvalue weighted by molar-refractivity contribution is 0.132. The van der Waals surface area contributed by atoms with Crippen LogP contribution in [0.2, 0.25) is 0 Å². The molecule has 0 bridgehead atoms. The van der Waals surface area contributed by atoms with Crippen molar-refractivity contribution in [2.45, 2.75) is 26.2 Å². The van der Waals surface area contributed by atoms with Crippen LogP contribution in [0.1, 0.15) is 23.4 Å². The lowest BCUT2D eigenvalue weighted by Gasteiger charge is -2.30. The van der Waals surface area contributed by atoms with Crippen molar-refractivity contribution in [3.63, 3.8) is 0 Å². The molecule has 0 unspecified atom stereocenters. The molecule has 16 heavy (non-hydrogen) atoms. The Morgan fingerprint density at radius 2 is 2.25 bits per heavy atom. The number of likely N-dealkylation sites (tertiary alicyclic amines) is 1. The van der Waals surface area contributed by atoms with Gasteiger partial charge in [0.05, 0.1) is 11.2 Å². The molecule has 2 heterocycles. The smallest absolute Gasteiger partial charge is 0.0797 e. The highest BCUT2D eigenvalue weighted by molar-refractivity contribution is 7.09. The molecule has 1 fully saturated rings. The Morgan fingerprint density at radius 1 is 1.50 bits per heavy atom. The van der Waals surface area contributed by atoms with E-state index >= 15 is 0 Å². The minimum absolute atomic E-state index is 0.363. The predicted octanol–water partition coefficient (Wildman–Crippen LogP) is 1.70. The van der Waals surface area contributed by atoms with Gasteiger partial charge in [-0.05, 0) is 45.2 Å². The molecule has 1 aromatic heterocycles. The summed E-state index contributed by atoms with van der Waals surface area (Å²) in [4.78, 5) is 8.20. The van der Waals surface area contributed by atoms with Crippen molar-refractivity contribution in [2.75, 3.05) is 26.2 Å². The molecule has 1 saturated heterocycles. The average Bonchev–Trinajstić information content (AvgIpc) is 2.73. The van der Waals surface area contributed by atoms with E-state index in [-0.39, 0.29) is 0 Å². The Kier molecular flexibility index (Phi) is 4.32. The molecular weight excluding hydrogens is 220 g/mol. The molecule has 2 rings (SSSR count). The molecule has 0 atom stereocenters. The third kappa shape index (κ3) is 3.03. The Morgan fingerprint density at radius 3 is 2.81 bits per heavy atom. The number of hydrogen-bond donors (Lipinski definition) is 1. The molecule has 4 heteroatoms. The van der Waals surface area contributed by atoms with Crippen molar-refractivity contribution in [3.8, 4) is 0 Å². The first-order chi connectivity index (χ1) is 7.79. The van der Waals surface area contributed by atoms with Crippen molar-refractivity contribution in [1.29, 1.82) is 0 Å². The Bertz CT molecular complexity index is 319. The summed E-state index contributed by atoms with van der Waals surface area (Å²) in [6, 6.07) is 0. The van der Waals surface area contributed by atoms with E-state index < -0.39 is 0 Å². The first-order valence-corrected chi connectivity index (χ1v) is 6.89. The highest BCUT2D eigenvalue weighted by Gasteiger charge is 2.18. The van der Waals surface area contributed by atoms with Crippen LogP contribution in [-0.2, 0) is 6.42 Å². The quantitative estimate of drug-likeness (QED) is 0.870. The lowest BCUT2D eigenvalue weighted by Crippen LogP contribution is -2.36. The number of aliphatic hydroxyl groups is 1. The minimum atomic E-state index is 0.363. The van der Waals surface area contributed by atoms with E-state index in [0.29, 0.717) is 12.5 Å². The minimum Gasteiger partial charge on any atom is -0.396 e. The SMILES string of the molecule is Cc1ncsc1CCN1CCC(CO)CC1. The summed E-state index contributed by atoms with van der Waals surface area (Å²) in [6.45, 7) is 5.87. The maximum Gasteiger partial charge on any atom is 0.0797 e. The fourth-order valence-electron chi connectivity index (χ4n) is 2.22. The second-order valence-corrected chi connectivity index (χ2v) is 5.52. The molecule has 3 nitrogen and oxygen atoms in total. The van der Waals surface area contributed by atoms with E-state index in [4.69, 9.17) is 5.11 Å². The summed E-state index contributed by atoms with van der Waals surface area (Å²) in [7, 11) is 0. The standard InChI is InChI=1S/C12H20N2OS/c1-10-12(16-9-13-10)4-7-14-5-2-11(8-15)3-6-14/h9,11,15H,2-8H2,1H3. The second kappa shape index (κ2) is 5.75. The van der Waals surface area contributed by atoms with Crippen molar-refractivity contribution >= 4 is 11.3 Å². The number of hydrogen-bond acceptors (Lipinski definition) is 4. The van der Waals surface area contributed by atoms with Crippen LogP contribution in [0.5, 0.6) is 0 Å². The van der Waals surface area contributed by atoms with Crippen molar-refractivity contribution in [1.82, 2.24) is 9.88 Å². The molecule has 90 valence electrons. The summed E-state index contributed by atoms with van der Waals surface area (Å²) >= 11 is 1.77. The third-order valence-electron chi connectivity index (χ3n) is 3.47. The number of piperidine rings is 1. The number of thiazole rings is 1. The molecular formula is C12H20N2OS. The summed E-state index contributed by atoms with van der Waals surface area (Å²) in [5.74, 6) is 0.543. The molecule has 1 aliphatic heterocycles. The molecule has 0 aliphatic carbocycles. The zero-order valence-electron chi connectivity index (χ0n) is 9.85. The molecule has 0 aromatic carbocycles. The molecule has 0 spiro atoms. The fraction of sp³-hybridized carbons (Fsp3) is 0.750. The van der Waals surface area contributed by atoms with Gasteiger partial charge in [0.1, 0.15) is 0 Å². The summed E-state index contributed by atoms with van der Waals surface area (Å²) in [5, 5.41) is 9.07. The van der Waals surface area contributed by atoms with Crippen LogP contribution >= 0.6 is 11.3 Å². The van der Waals surface area contributed by atoms with Crippen molar-refractivity contribution in [2.24, 2.45) is 5.92 Å². The maximum absolute atomic E-state index is 9.07. The summed E-state index contributed by atoms with van der Waals surface area (Å²) in [5.41, 5.74) is 3.12. The van der Waals surface area contributed by atoms with Gasteiger partial charge < -0.3 is 10.0 Å². The van der Waals surface area contributed by atoms with E-state index in [0.717, 1.165) is 38.9 Å². The van der Waals surface area contributed by atoms with E-state index in [9.17, 15) is 0 Å². The zero-order valence-corrected chi connectivity index (χ0v) is 10.7. The van der Waals surface area contributed by atoms with Gasteiger partial charge in [-0.3, -0.25) is 0 Å². The molecule has 0 saturated carbocycles. The molecule has 0 amide bonds. The highest BCUT2D eigenvalue weighted by atomic mass is 32.1. The van der Waals surface area contributed by atoms with Gasteiger partial charge in [-0.25, -0.2) is 4.98 Å². The zero-order chi connectivity index (χ0) is 11.4. The highest BCUT2D eigenvalue weighted by Crippen LogP contribution is 2.18. The third-order valence-corrected chi connectivity index (χ3v) is 4.46. The monoisotopic (exact) mass is 240 g/mol. The van der Waals surface area contributed by atoms with Gasteiger partial charge in [0.15, 0.2) is 0 Å². The Labute approximate surface area is 101 Å². The van der Waals surface area contributed by atoms with Crippen LogP contribution in [-0.4, -0.2) is 41.2 Å². The van der Waals surface area contributed by atoms with E-state index in [1.54, 1.807) is 11.3 Å². The predicted molar refractivity (Wildman–Crippen MR) is 66.8 cm³/mol. The Hall–Kier alpha value is -0.450. The molecule has 1 N–H and O–H groups in total.